The van der Waals surface area contributed by atoms with E-state index in [2.05, 4.69) is 5.32 Å². The van der Waals surface area contributed by atoms with Crippen LogP contribution in [0.1, 0.15) is 43.2 Å². The van der Waals surface area contributed by atoms with Gasteiger partial charge in [-0.3, -0.25) is 9.59 Å². The third-order valence-electron chi connectivity index (χ3n) is 5.69. The van der Waals surface area contributed by atoms with Crippen LogP contribution in [0.2, 0.25) is 0 Å². The fourth-order valence-corrected chi connectivity index (χ4v) is 4.01. The zero-order chi connectivity index (χ0) is 25.1. The number of benzene rings is 1. The lowest BCUT2D eigenvalue weighted by atomic mass is 9.95. The minimum atomic E-state index is -1.22. The SMILES string of the molecule is CC(=O)NC1C(Oc2cccc(C(C)=O)c2)OC2COC(c3ccco3)OC2C1OC(C)C(=O)O. The second-order valence-electron chi connectivity index (χ2n) is 8.33. The van der Waals surface area contributed by atoms with Crippen molar-refractivity contribution in [2.24, 2.45) is 0 Å². The van der Waals surface area contributed by atoms with Gasteiger partial charge in [-0.15, -0.1) is 0 Å². The standard InChI is InChI=1S/C24H27NO10/c1-12(26)15-6-4-7-16(10-15)33-24-19(25-14(3)27)21(32-13(2)22(28)29)20-18(34-24)11-31-23(35-20)17-8-5-9-30-17/h4-10,13,18-21,23-24H,11H2,1-3H3,(H,25,27)(H,28,29). The van der Waals surface area contributed by atoms with Crippen molar-refractivity contribution in [3.63, 3.8) is 0 Å². The monoisotopic (exact) mass is 489 g/mol. The normalized spacial score (nSPS) is 29.0. The quantitative estimate of drug-likeness (QED) is 0.529. The molecule has 2 aromatic rings. The van der Waals surface area contributed by atoms with Crippen molar-refractivity contribution in [1.82, 2.24) is 5.32 Å². The van der Waals surface area contributed by atoms with Crippen LogP contribution in [0, 0.1) is 0 Å². The van der Waals surface area contributed by atoms with Gasteiger partial charge in [0.05, 0.1) is 12.9 Å². The van der Waals surface area contributed by atoms with E-state index in [4.69, 9.17) is 28.1 Å². The van der Waals surface area contributed by atoms with Gasteiger partial charge in [0.2, 0.25) is 18.5 Å². The average Bonchev–Trinajstić information content (AvgIpc) is 3.35. The predicted octanol–water partition coefficient (Wildman–Crippen LogP) is 2.06. The van der Waals surface area contributed by atoms with Crippen LogP contribution in [-0.2, 0) is 28.5 Å². The Labute approximate surface area is 201 Å². The number of ketones is 1. The Morgan fingerprint density at radius 1 is 1.14 bits per heavy atom. The zero-order valence-electron chi connectivity index (χ0n) is 19.4. The van der Waals surface area contributed by atoms with Gasteiger partial charge in [0.25, 0.3) is 0 Å². The first-order valence-corrected chi connectivity index (χ1v) is 11.1. The van der Waals surface area contributed by atoms with E-state index >= 15 is 0 Å². The van der Waals surface area contributed by atoms with E-state index < -0.39 is 54.9 Å². The van der Waals surface area contributed by atoms with Gasteiger partial charge in [0.15, 0.2) is 17.6 Å². The highest BCUT2D eigenvalue weighted by molar-refractivity contribution is 5.94. The van der Waals surface area contributed by atoms with Gasteiger partial charge in [-0.25, -0.2) is 4.79 Å². The van der Waals surface area contributed by atoms with E-state index in [-0.39, 0.29) is 12.4 Å². The smallest absolute Gasteiger partial charge is 0.332 e. The van der Waals surface area contributed by atoms with Crippen LogP contribution < -0.4 is 10.1 Å². The topological polar surface area (TPSA) is 143 Å². The number of ether oxygens (including phenoxy) is 5. The lowest BCUT2D eigenvalue weighted by Crippen LogP contribution is -2.68. The van der Waals surface area contributed by atoms with Crippen molar-refractivity contribution in [3.05, 3.63) is 54.0 Å². The lowest BCUT2D eigenvalue weighted by Gasteiger charge is -2.49. The Kier molecular flexibility index (Phi) is 7.51. The number of hydrogen-bond acceptors (Lipinski definition) is 9. The summed E-state index contributed by atoms with van der Waals surface area (Å²) in [6.45, 7) is 4.20. The highest BCUT2D eigenvalue weighted by atomic mass is 16.8. The molecule has 3 heterocycles. The number of Topliss-reactive ketones (excluding diaryl/α,β-unsaturated/α-hetero) is 1. The number of furan rings is 1. The maximum atomic E-state index is 12.1. The molecule has 2 fully saturated rings. The van der Waals surface area contributed by atoms with Gasteiger partial charge < -0.3 is 38.5 Å². The minimum absolute atomic E-state index is 0.0669. The summed E-state index contributed by atoms with van der Waals surface area (Å²) in [5.74, 6) is -0.991. The summed E-state index contributed by atoms with van der Waals surface area (Å²) in [5.41, 5.74) is 0.435. The van der Waals surface area contributed by atoms with Crippen molar-refractivity contribution in [2.75, 3.05) is 6.61 Å². The zero-order valence-corrected chi connectivity index (χ0v) is 19.4. The molecule has 0 saturated carbocycles. The third-order valence-corrected chi connectivity index (χ3v) is 5.69. The molecule has 1 aromatic carbocycles. The Balaban J connectivity index is 1.65. The molecule has 11 heteroatoms. The lowest BCUT2D eigenvalue weighted by molar-refractivity contribution is -0.343. The Bertz CT molecular complexity index is 1050. The summed E-state index contributed by atoms with van der Waals surface area (Å²) in [6.07, 6.45) is -4.22. The predicted molar refractivity (Wildman–Crippen MR) is 118 cm³/mol. The Morgan fingerprint density at radius 2 is 1.94 bits per heavy atom. The summed E-state index contributed by atoms with van der Waals surface area (Å²) in [4.78, 5) is 35.5. The van der Waals surface area contributed by atoms with E-state index in [1.807, 2.05) is 0 Å². The van der Waals surface area contributed by atoms with E-state index in [1.54, 1.807) is 36.4 Å². The number of carbonyl (C=O) groups is 3. The third kappa shape index (κ3) is 5.70. The number of fused-ring (bicyclic) bond motifs is 1. The van der Waals surface area contributed by atoms with Crippen LogP contribution in [0.3, 0.4) is 0 Å². The van der Waals surface area contributed by atoms with Crippen LogP contribution in [0.5, 0.6) is 5.75 Å². The van der Waals surface area contributed by atoms with Crippen LogP contribution in [0.15, 0.2) is 47.1 Å². The molecule has 0 radical (unpaired) electrons. The highest BCUT2D eigenvalue weighted by Crippen LogP contribution is 2.36. The van der Waals surface area contributed by atoms with E-state index in [0.717, 1.165) is 0 Å². The van der Waals surface area contributed by atoms with Crippen LogP contribution in [-0.4, -0.2) is 66.1 Å². The highest BCUT2D eigenvalue weighted by Gasteiger charge is 2.53. The molecule has 35 heavy (non-hydrogen) atoms. The number of aliphatic carboxylic acids is 1. The van der Waals surface area contributed by atoms with Crippen molar-refractivity contribution in [3.8, 4) is 5.75 Å². The van der Waals surface area contributed by atoms with Crippen molar-refractivity contribution < 1.29 is 47.6 Å². The molecule has 1 aromatic heterocycles. The molecule has 0 spiro atoms. The number of carboxylic acid groups (broad SMARTS) is 1. The maximum absolute atomic E-state index is 12.1. The van der Waals surface area contributed by atoms with Gasteiger partial charge in [0.1, 0.15) is 30.1 Å². The molecule has 188 valence electrons. The second kappa shape index (κ2) is 10.6. The fraction of sp³-hybridized carbons (Fsp3) is 0.458. The van der Waals surface area contributed by atoms with Crippen LogP contribution in [0.4, 0.5) is 0 Å². The molecular weight excluding hydrogens is 462 g/mol. The first kappa shape index (κ1) is 24.9. The molecular formula is C24H27NO10. The van der Waals surface area contributed by atoms with E-state index in [1.165, 1.54) is 27.0 Å². The number of rotatable bonds is 8. The van der Waals surface area contributed by atoms with Gasteiger partial charge in [-0.2, -0.15) is 0 Å². The first-order chi connectivity index (χ1) is 16.7. The molecule has 1 amide bonds. The van der Waals surface area contributed by atoms with Gasteiger partial charge >= 0.3 is 5.97 Å². The second-order valence-corrected chi connectivity index (χ2v) is 8.33. The fourth-order valence-electron chi connectivity index (χ4n) is 4.01. The summed E-state index contributed by atoms with van der Waals surface area (Å²) in [5, 5.41) is 12.2. The molecule has 2 saturated heterocycles. The molecule has 7 unspecified atom stereocenters. The van der Waals surface area contributed by atoms with Gasteiger partial charge in [0, 0.05) is 12.5 Å². The molecule has 11 nitrogen and oxygen atoms in total. The van der Waals surface area contributed by atoms with E-state index in [9.17, 15) is 19.5 Å². The maximum Gasteiger partial charge on any atom is 0.332 e. The van der Waals surface area contributed by atoms with Crippen molar-refractivity contribution >= 4 is 17.7 Å². The average molecular weight is 489 g/mol. The number of carboxylic acids is 1. The minimum Gasteiger partial charge on any atom is -0.479 e. The van der Waals surface area contributed by atoms with Crippen molar-refractivity contribution in [1.29, 1.82) is 0 Å². The molecule has 2 aliphatic rings. The molecule has 7 atom stereocenters. The molecule has 4 rings (SSSR count). The largest absolute Gasteiger partial charge is 0.479 e. The number of amides is 1. The molecule has 2 aliphatic heterocycles. The summed E-state index contributed by atoms with van der Waals surface area (Å²) >= 11 is 0. The number of nitrogens with one attached hydrogen (secondary N) is 1. The summed E-state index contributed by atoms with van der Waals surface area (Å²) in [6, 6.07) is 8.92. The molecule has 0 bridgehead atoms. The van der Waals surface area contributed by atoms with Crippen LogP contribution in [0.25, 0.3) is 0 Å². The van der Waals surface area contributed by atoms with Gasteiger partial charge in [-0.05, 0) is 38.1 Å². The van der Waals surface area contributed by atoms with Crippen molar-refractivity contribution in [2.45, 2.75) is 63.8 Å². The first-order valence-electron chi connectivity index (χ1n) is 11.1. The molecule has 0 aliphatic carbocycles. The van der Waals surface area contributed by atoms with Crippen LogP contribution >= 0.6 is 0 Å². The Hall–Kier alpha value is -3.25. The molecule has 2 N–H and O–H groups in total. The summed E-state index contributed by atoms with van der Waals surface area (Å²) < 4.78 is 35.3. The van der Waals surface area contributed by atoms with E-state index in [0.29, 0.717) is 17.1 Å². The van der Waals surface area contributed by atoms with Gasteiger partial charge in [-0.1, -0.05) is 12.1 Å². The Morgan fingerprint density at radius 3 is 2.60 bits per heavy atom. The summed E-state index contributed by atoms with van der Waals surface area (Å²) in [7, 11) is 0. The number of hydrogen-bond donors (Lipinski definition) is 2. The number of carbonyl (C=O) groups excluding carboxylic acids is 2.